The van der Waals surface area contributed by atoms with Crippen molar-refractivity contribution in [3.05, 3.63) is 63.6 Å². The average molecular weight is 501 g/mol. The first-order chi connectivity index (χ1) is 15.4. The van der Waals surface area contributed by atoms with Crippen LogP contribution in [0.5, 0.6) is 5.75 Å². The molecule has 3 N–H and O–H groups in total. The summed E-state index contributed by atoms with van der Waals surface area (Å²) in [5.74, 6) is -0.485. The van der Waals surface area contributed by atoms with Gasteiger partial charge in [-0.15, -0.1) is 0 Å². The molecule has 1 aliphatic heterocycles. The Hall–Kier alpha value is -1.96. The van der Waals surface area contributed by atoms with Crippen LogP contribution in [-0.2, 0) is 4.79 Å². The first kappa shape index (κ1) is 24.2. The van der Waals surface area contributed by atoms with E-state index in [1.807, 2.05) is 26.0 Å². The molecule has 1 amide bonds. The minimum Gasteiger partial charge on any atom is -0.484 e. The zero-order valence-electron chi connectivity index (χ0n) is 18.2. The Morgan fingerprint density at radius 2 is 1.85 bits per heavy atom. The van der Waals surface area contributed by atoms with Crippen LogP contribution in [0.4, 0.5) is 13.2 Å². The molecule has 5 atom stereocenters. The zero-order valence-corrected chi connectivity index (χ0v) is 19.7. The van der Waals surface area contributed by atoms with E-state index in [0.717, 1.165) is 11.1 Å². The van der Waals surface area contributed by atoms with Gasteiger partial charge >= 0.3 is 6.18 Å². The van der Waals surface area contributed by atoms with Crippen molar-refractivity contribution >= 4 is 29.1 Å². The number of fused-ring (bicyclic) bond motifs is 1. The summed E-state index contributed by atoms with van der Waals surface area (Å²) in [6.45, 7) is 2.42. The number of carbonyl (C=O) groups is 1. The van der Waals surface area contributed by atoms with Crippen LogP contribution in [-0.4, -0.2) is 30.3 Å². The van der Waals surface area contributed by atoms with Crippen LogP contribution in [0.15, 0.2) is 42.5 Å². The number of benzene rings is 2. The molecule has 2 fully saturated rings. The molecular weight excluding hydrogens is 476 g/mol. The topological polar surface area (TPSA) is 64.3 Å². The highest BCUT2D eigenvalue weighted by Gasteiger charge is 2.66. The largest absolute Gasteiger partial charge is 0.484 e. The Kier molecular flexibility index (Phi) is 6.13. The Balaban J connectivity index is 1.77. The minimum absolute atomic E-state index is 0.0401. The molecule has 4 nitrogen and oxygen atoms in total. The monoisotopic (exact) mass is 500 g/mol. The van der Waals surface area contributed by atoms with Crippen LogP contribution >= 0.6 is 23.2 Å². The lowest BCUT2D eigenvalue weighted by molar-refractivity contribution is -0.153. The molecule has 1 saturated carbocycles. The number of hydrogen-bond donors (Lipinski definition) is 2. The SMILES string of the molecule is CC1NC(=O)C2(C)CCC(c3ccc(OCC(F)(F)F)cc3Cl)C(c3ccc(Cl)cc3)C12N. The van der Waals surface area contributed by atoms with Gasteiger partial charge in [0.25, 0.3) is 0 Å². The van der Waals surface area contributed by atoms with E-state index in [2.05, 4.69) is 5.32 Å². The van der Waals surface area contributed by atoms with Gasteiger partial charge in [-0.3, -0.25) is 4.79 Å². The molecule has 1 heterocycles. The van der Waals surface area contributed by atoms with Crippen LogP contribution in [0.3, 0.4) is 0 Å². The number of carbonyl (C=O) groups excluding carboxylic acids is 1. The average Bonchev–Trinajstić information content (AvgIpc) is 2.92. The van der Waals surface area contributed by atoms with E-state index in [1.54, 1.807) is 18.2 Å². The van der Waals surface area contributed by atoms with E-state index in [-0.39, 0.29) is 29.5 Å². The van der Waals surface area contributed by atoms with Gasteiger partial charge in [0.05, 0.1) is 11.0 Å². The predicted molar refractivity (Wildman–Crippen MR) is 122 cm³/mol. The maximum atomic E-state index is 12.9. The maximum Gasteiger partial charge on any atom is 0.422 e. The van der Waals surface area contributed by atoms with E-state index >= 15 is 0 Å². The third-order valence-corrected chi connectivity index (χ3v) is 7.98. The molecule has 1 saturated heterocycles. The van der Waals surface area contributed by atoms with Gasteiger partial charge in [-0.05, 0) is 68.0 Å². The van der Waals surface area contributed by atoms with Gasteiger partial charge in [-0.2, -0.15) is 13.2 Å². The van der Waals surface area contributed by atoms with Crippen molar-refractivity contribution in [2.24, 2.45) is 11.1 Å². The lowest BCUT2D eigenvalue weighted by Crippen LogP contribution is -2.65. The van der Waals surface area contributed by atoms with Crippen molar-refractivity contribution in [2.75, 3.05) is 6.61 Å². The second-order valence-corrected chi connectivity index (χ2v) is 10.1. The first-order valence-electron chi connectivity index (χ1n) is 10.7. The highest BCUT2D eigenvalue weighted by molar-refractivity contribution is 6.31. The molecule has 5 unspecified atom stereocenters. The molecule has 0 radical (unpaired) electrons. The second kappa shape index (κ2) is 8.36. The van der Waals surface area contributed by atoms with Gasteiger partial charge in [0.15, 0.2) is 6.61 Å². The summed E-state index contributed by atoms with van der Waals surface area (Å²) in [5.41, 5.74) is 7.12. The molecule has 178 valence electrons. The number of alkyl halides is 3. The van der Waals surface area contributed by atoms with Gasteiger partial charge in [-0.1, -0.05) is 41.4 Å². The standard InChI is InChI=1S/C24H25Cl2F3N2O2/c1-13-24(30)20(14-3-5-15(25)6-4-14)18(9-10-22(24,2)21(32)31-13)17-8-7-16(11-19(17)26)33-12-23(27,28)29/h3-8,11,13,18,20H,9-10,12,30H2,1-2H3,(H,31,32). The summed E-state index contributed by atoms with van der Waals surface area (Å²) in [6, 6.07) is 11.7. The van der Waals surface area contributed by atoms with Gasteiger partial charge in [-0.25, -0.2) is 0 Å². The number of nitrogens with two attached hydrogens (primary N) is 1. The molecule has 9 heteroatoms. The molecule has 4 rings (SSSR count). The maximum absolute atomic E-state index is 12.9. The van der Waals surface area contributed by atoms with E-state index in [4.69, 9.17) is 33.7 Å². The van der Waals surface area contributed by atoms with E-state index < -0.39 is 23.7 Å². The fraction of sp³-hybridized carbons (Fsp3) is 0.458. The molecular formula is C24H25Cl2F3N2O2. The predicted octanol–water partition coefficient (Wildman–Crippen LogP) is 5.82. The Labute approximate surface area is 200 Å². The molecule has 0 bridgehead atoms. The molecule has 2 aromatic rings. The fourth-order valence-corrected chi connectivity index (χ4v) is 6.05. The third-order valence-electron chi connectivity index (χ3n) is 7.40. The van der Waals surface area contributed by atoms with E-state index in [0.29, 0.717) is 22.9 Å². The molecule has 0 spiro atoms. The van der Waals surface area contributed by atoms with Gasteiger partial charge in [0, 0.05) is 22.0 Å². The zero-order chi connectivity index (χ0) is 24.2. The van der Waals surface area contributed by atoms with Crippen molar-refractivity contribution in [1.82, 2.24) is 5.32 Å². The van der Waals surface area contributed by atoms with Crippen LogP contribution < -0.4 is 15.8 Å². The van der Waals surface area contributed by atoms with Crippen molar-refractivity contribution in [2.45, 2.75) is 56.3 Å². The van der Waals surface area contributed by atoms with Crippen LogP contribution in [0.2, 0.25) is 10.0 Å². The molecule has 1 aliphatic carbocycles. The van der Waals surface area contributed by atoms with Crippen molar-refractivity contribution < 1.29 is 22.7 Å². The summed E-state index contributed by atoms with van der Waals surface area (Å²) in [4.78, 5) is 12.9. The fourth-order valence-electron chi connectivity index (χ4n) is 5.61. The number of nitrogens with one attached hydrogen (secondary N) is 1. The van der Waals surface area contributed by atoms with Crippen LogP contribution in [0.1, 0.15) is 49.7 Å². The third kappa shape index (κ3) is 4.08. The van der Waals surface area contributed by atoms with Gasteiger partial charge < -0.3 is 15.8 Å². The normalized spacial score (nSPS) is 31.8. The highest BCUT2D eigenvalue weighted by atomic mass is 35.5. The number of halogens is 5. The van der Waals surface area contributed by atoms with Crippen molar-refractivity contribution in [1.29, 1.82) is 0 Å². The first-order valence-corrected chi connectivity index (χ1v) is 11.5. The summed E-state index contributed by atoms with van der Waals surface area (Å²) in [6.07, 6.45) is -3.26. The Morgan fingerprint density at radius 1 is 1.18 bits per heavy atom. The minimum atomic E-state index is -4.44. The van der Waals surface area contributed by atoms with E-state index in [1.165, 1.54) is 12.1 Å². The number of amides is 1. The van der Waals surface area contributed by atoms with Crippen molar-refractivity contribution in [3.63, 3.8) is 0 Å². The number of hydrogen-bond acceptors (Lipinski definition) is 3. The smallest absolute Gasteiger partial charge is 0.422 e. The van der Waals surface area contributed by atoms with Crippen LogP contribution in [0.25, 0.3) is 0 Å². The summed E-state index contributed by atoms with van der Waals surface area (Å²) in [7, 11) is 0. The summed E-state index contributed by atoms with van der Waals surface area (Å²) < 4.78 is 42.5. The lowest BCUT2D eigenvalue weighted by Gasteiger charge is -2.53. The number of ether oxygens (including phenoxy) is 1. The van der Waals surface area contributed by atoms with Gasteiger partial charge in [0.1, 0.15) is 5.75 Å². The van der Waals surface area contributed by atoms with E-state index in [9.17, 15) is 18.0 Å². The highest BCUT2D eigenvalue weighted by Crippen LogP contribution is 2.60. The Morgan fingerprint density at radius 3 is 2.45 bits per heavy atom. The second-order valence-electron chi connectivity index (χ2n) is 9.22. The lowest BCUT2D eigenvalue weighted by atomic mass is 9.51. The molecule has 33 heavy (non-hydrogen) atoms. The summed E-state index contributed by atoms with van der Waals surface area (Å²) in [5, 5.41) is 3.91. The quantitative estimate of drug-likeness (QED) is 0.555. The molecule has 0 aromatic heterocycles. The Bertz CT molecular complexity index is 1060. The van der Waals surface area contributed by atoms with Crippen LogP contribution in [0, 0.1) is 5.41 Å². The molecule has 2 aliphatic rings. The number of rotatable bonds is 4. The van der Waals surface area contributed by atoms with Crippen molar-refractivity contribution in [3.8, 4) is 5.75 Å². The molecule has 2 aromatic carbocycles. The summed E-state index contributed by atoms with van der Waals surface area (Å²) >= 11 is 12.7. The van der Waals surface area contributed by atoms with Gasteiger partial charge in [0.2, 0.25) is 5.91 Å².